The Labute approximate surface area is 124 Å². The zero-order valence-electron chi connectivity index (χ0n) is 12.9. The summed E-state index contributed by atoms with van der Waals surface area (Å²) in [5.41, 5.74) is 5.37. The molecule has 0 radical (unpaired) electrons. The molecule has 0 unspecified atom stereocenters. The van der Waals surface area contributed by atoms with Gasteiger partial charge in [-0.2, -0.15) is 0 Å². The molecule has 0 aliphatic rings. The molecule has 0 spiro atoms. The molecular formula is C19H29N. The molecule has 1 nitrogen and oxygen atoms in total. The standard InChI is InChI=1S/C10H8.C9H21N/c1-2-6-10-8-4-3-7-9(10)5-1;1-2-3-4-5-6-7-8-9-10/h1-8H;2-10H2,1H3. The molecule has 0 saturated carbocycles. The first-order valence-electron chi connectivity index (χ1n) is 8.02. The minimum atomic E-state index is 0.869. The number of benzene rings is 2. The van der Waals surface area contributed by atoms with Crippen molar-refractivity contribution in [1.82, 2.24) is 0 Å². The second kappa shape index (κ2) is 11.5. The molecule has 2 aromatic rings. The lowest BCUT2D eigenvalue weighted by Gasteiger charge is -1.97. The van der Waals surface area contributed by atoms with Gasteiger partial charge in [0, 0.05) is 0 Å². The lowest BCUT2D eigenvalue weighted by Crippen LogP contribution is -1.97. The van der Waals surface area contributed by atoms with Crippen molar-refractivity contribution >= 4 is 10.8 Å². The van der Waals surface area contributed by atoms with Gasteiger partial charge in [-0.05, 0) is 23.7 Å². The molecule has 2 aromatic carbocycles. The maximum absolute atomic E-state index is 5.37. The van der Waals surface area contributed by atoms with Crippen LogP contribution >= 0.6 is 0 Å². The monoisotopic (exact) mass is 271 g/mol. The number of rotatable bonds is 7. The predicted molar refractivity (Wildman–Crippen MR) is 91.0 cm³/mol. The predicted octanol–water partition coefficient (Wildman–Crippen LogP) is 5.54. The average Bonchev–Trinajstić information content (AvgIpc) is 2.52. The molecule has 1 heteroatoms. The molecule has 0 aromatic heterocycles. The Morgan fingerprint density at radius 1 is 0.650 bits per heavy atom. The van der Waals surface area contributed by atoms with Gasteiger partial charge < -0.3 is 5.73 Å². The highest BCUT2D eigenvalue weighted by Gasteiger charge is 1.87. The van der Waals surface area contributed by atoms with Crippen LogP contribution in [0.3, 0.4) is 0 Å². The second-order valence-corrected chi connectivity index (χ2v) is 5.26. The van der Waals surface area contributed by atoms with Gasteiger partial charge in [0.1, 0.15) is 0 Å². The highest BCUT2D eigenvalue weighted by molar-refractivity contribution is 5.81. The summed E-state index contributed by atoms with van der Waals surface area (Å²) in [4.78, 5) is 0. The van der Waals surface area contributed by atoms with Crippen LogP contribution in [-0.2, 0) is 0 Å². The van der Waals surface area contributed by atoms with Gasteiger partial charge in [0.2, 0.25) is 0 Å². The van der Waals surface area contributed by atoms with Crippen LogP contribution in [0.2, 0.25) is 0 Å². The van der Waals surface area contributed by atoms with E-state index in [0.717, 1.165) is 6.54 Å². The van der Waals surface area contributed by atoms with Gasteiger partial charge in [0.25, 0.3) is 0 Å². The third-order valence-corrected chi connectivity index (χ3v) is 3.47. The van der Waals surface area contributed by atoms with Gasteiger partial charge >= 0.3 is 0 Å². The van der Waals surface area contributed by atoms with Crippen molar-refractivity contribution < 1.29 is 0 Å². The number of unbranched alkanes of at least 4 members (excludes halogenated alkanes) is 6. The summed E-state index contributed by atoms with van der Waals surface area (Å²) in [6, 6.07) is 16.7. The Hall–Kier alpha value is -1.34. The van der Waals surface area contributed by atoms with Gasteiger partial charge in [-0.15, -0.1) is 0 Å². The van der Waals surface area contributed by atoms with Crippen molar-refractivity contribution in [3.8, 4) is 0 Å². The number of hydrogen-bond acceptors (Lipinski definition) is 1. The summed E-state index contributed by atoms with van der Waals surface area (Å²) in [7, 11) is 0. The van der Waals surface area contributed by atoms with Crippen LogP contribution in [0, 0.1) is 0 Å². The lowest BCUT2D eigenvalue weighted by molar-refractivity contribution is 0.593. The van der Waals surface area contributed by atoms with Crippen LogP contribution in [0.5, 0.6) is 0 Å². The summed E-state index contributed by atoms with van der Waals surface area (Å²) >= 11 is 0. The smallest absolute Gasteiger partial charge is 0.00773 e. The van der Waals surface area contributed by atoms with Crippen molar-refractivity contribution in [2.75, 3.05) is 6.54 Å². The Bertz CT molecular complexity index is 377. The third kappa shape index (κ3) is 7.30. The van der Waals surface area contributed by atoms with Gasteiger partial charge in [0.15, 0.2) is 0 Å². The quantitative estimate of drug-likeness (QED) is 0.658. The van der Waals surface area contributed by atoms with E-state index in [2.05, 4.69) is 55.5 Å². The zero-order chi connectivity index (χ0) is 14.5. The van der Waals surface area contributed by atoms with Crippen LogP contribution in [0.25, 0.3) is 10.8 Å². The van der Waals surface area contributed by atoms with Crippen LogP contribution in [0.1, 0.15) is 51.9 Å². The van der Waals surface area contributed by atoms with E-state index in [0.29, 0.717) is 0 Å². The Morgan fingerprint density at radius 3 is 1.45 bits per heavy atom. The van der Waals surface area contributed by atoms with Gasteiger partial charge in [-0.1, -0.05) is 94.0 Å². The van der Waals surface area contributed by atoms with Crippen molar-refractivity contribution in [2.24, 2.45) is 5.73 Å². The van der Waals surface area contributed by atoms with E-state index in [-0.39, 0.29) is 0 Å². The summed E-state index contributed by atoms with van der Waals surface area (Å²) in [5.74, 6) is 0. The van der Waals surface area contributed by atoms with E-state index in [1.54, 1.807) is 0 Å². The molecule has 0 bridgehead atoms. The second-order valence-electron chi connectivity index (χ2n) is 5.26. The van der Waals surface area contributed by atoms with E-state index >= 15 is 0 Å². The van der Waals surface area contributed by atoms with Crippen LogP contribution in [0.15, 0.2) is 48.5 Å². The summed E-state index contributed by atoms with van der Waals surface area (Å²) in [6.07, 6.45) is 9.51. The van der Waals surface area contributed by atoms with Gasteiger partial charge in [-0.3, -0.25) is 0 Å². The maximum atomic E-state index is 5.37. The van der Waals surface area contributed by atoms with Gasteiger partial charge in [0.05, 0.1) is 0 Å². The molecule has 0 heterocycles. The summed E-state index contributed by atoms with van der Waals surface area (Å²) in [6.45, 7) is 3.12. The lowest BCUT2D eigenvalue weighted by atomic mass is 10.1. The summed E-state index contributed by atoms with van der Waals surface area (Å²) < 4.78 is 0. The zero-order valence-corrected chi connectivity index (χ0v) is 12.9. The molecule has 110 valence electrons. The normalized spacial score (nSPS) is 10.1. The first-order valence-corrected chi connectivity index (χ1v) is 8.02. The number of nitrogens with two attached hydrogens (primary N) is 1. The van der Waals surface area contributed by atoms with Crippen LogP contribution in [0.4, 0.5) is 0 Å². The molecule has 0 atom stereocenters. The molecular weight excluding hydrogens is 242 g/mol. The highest BCUT2D eigenvalue weighted by Crippen LogP contribution is 2.11. The first-order chi connectivity index (χ1) is 9.88. The molecule has 20 heavy (non-hydrogen) atoms. The Balaban J connectivity index is 0.000000200. The van der Waals surface area contributed by atoms with Crippen molar-refractivity contribution in [2.45, 2.75) is 51.9 Å². The SMILES string of the molecule is CCCCCCCCCN.c1ccc2ccccc2c1. The molecule has 2 rings (SSSR count). The first kappa shape index (κ1) is 16.7. The fourth-order valence-corrected chi connectivity index (χ4v) is 2.23. The Morgan fingerprint density at radius 2 is 1.05 bits per heavy atom. The van der Waals surface area contributed by atoms with E-state index in [1.807, 2.05) is 0 Å². The van der Waals surface area contributed by atoms with Crippen molar-refractivity contribution in [1.29, 1.82) is 0 Å². The summed E-state index contributed by atoms with van der Waals surface area (Å²) in [5, 5.41) is 2.62. The minimum absolute atomic E-state index is 0.869. The molecule has 0 fully saturated rings. The van der Waals surface area contributed by atoms with E-state index in [9.17, 15) is 0 Å². The van der Waals surface area contributed by atoms with E-state index < -0.39 is 0 Å². The number of hydrogen-bond donors (Lipinski definition) is 1. The molecule has 2 N–H and O–H groups in total. The van der Waals surface area contributed by atoms with E-state index in [4.69, 9.17) is 5.73 Å². The average molecular weight is 271 g/mol. The van der Waals surface area contributed by atoms with Crippen molar-refractivity contribution in [3.63, 3.8) is 0 Å². The maximum Gasteiger partial charge on any atom is -0.00773 e. The van der Waals surface area contributed by atoms with Crippen molar-refractivity contribution in [3.05, 3.63) is 48.5 Å². The largest absolute Gasteiger partial charge is 0.330 e. The third-order valence-electron chi connectivity index (χ3n) is 3.47. The fourth-order valence-electron chi connectivity index (χ4n) is 2.23. The molecule has 0 amide bonds. The highest BCUT2D eigenvalue weighted by atomic mass is 14.5. The molecule has 0 aliphatic carbocycles. The molecule has 0 aliphatic heterocycles. The fraction of sp³-hybridized carbons (Fsp3) is 0.474. The number of fused-ring (bicyclic) bond motifs is 1. The molecule has 0 saturated heterocycles. The van der Waals surface area contributed by atoms with Crippen LogP contribution < -0.4 is 5.73 Å². The van der Waals surface area contributed by atoms with E-state index in [1.165, 1.54) is 55.7 Å². The van der Waals surface area contributed by atoms with Crippen LogP contribution in [-0.4, -0.2) is 6.54 Å². The van der Waals surface area contributed by atoms with Gasteiger partial charge in [-0.25, -0.2) is 0 Å². The topological polar surface area (TPSA) is 26.0 Å². The Kier molecular flexibility index (Phi) is 9.60. The minimum Gasteiger partial charge on any atom is -0.330 e.